The molecule has 1 aliphatic heterocycles. The second kappa shape index (κ2) is 12.3. The summed E-state index contributed by atoms with van der Waals surface area (Å²) in [5.74, 6) is -1.19. The number of aliphatic hydroxyl groups is 1. The van der Waals surface area contributed by atoms with Crippen molar-refractivity contribution in [3.63, 3.8) is 0 Å². The summed E-state index contributed by atoms with van der Waals surface area (Å²) >= 11 is 0. The van der Waals surface area contributed by atoms with Gasteiger partial charge in [0.1, 0.15) is 0 Å². The van der Waals surface area contributed by atoms with Crippen LogP contribution in [0.15, 0.2) is 48.8 Å². The summed E-state index contributed by atoms with van der Waals surface area (Å²) in [5.41, 5.74) is 6.11. The van der Waals surface area contributed by atoms with Crippen molar-refractivity contribution in [3.05, 3.63) is 54.6 Å². The first-order valence-electron chi connectivity index (χ1n) is 11.0. The maximum absolute atomic E-state index is 14.7. The number of nitrogens with zero attached hydrogens (tertiary/aromatic N) is 3. The van der Waals surface area contributed by atoms with Gasteiger partial charge >= 0.3 is 6.18 Å². The maximum atomic E-state index is 14.7. The number of hydrogen-bond acceptors (Lipinski definition) is 8. The Labute approximate surface area is 199 Å². The Morgan fingerprint density at radius 3 is 2.46 bits per heavy atom. The molecule has 0 saturated carbocycles. The van der Waals surface area contributed by atoms with Crippen molar-refractivity contribution in [3.8, 4) is 22.9 Å². The van der Waals surface area contributed by atoms with Gasteiger partial charge in [0.25, 0.3) is 0 Å². The van der Waals surface area contributed by atoms with Crippen molar-refractivity contribution < 1.29 is 27.4 Å². The fourth-order valence-corrected chi connectivity index (χ4v) is 3.15. The number of benzene rings is 1. The first kappa shape index (κ1) is 26.1. The molecular weight excluding hydrogens is 468 g/mol. The highest BCUT2D eigenvalue weighted by Gasteiger charge is 2.38. The van der Waals surface area contributed by atoms with Gasteiger partial charge in [-0.3, -0.25) is 0 Å². The Morgan fingerprint density at radius 2 is 1.83 bits per heavy atom. The van der Waals surface area contributed by atoms with E-state index in [2.05, 4.69) is 25.6 Å². The summed E-state index contributed by atoms with van der Waals surface area (Å²) in [7, 11) is 0. The first-order valence-corrected chi connectivity index (χ1v) is 11.0. The minimum Gasteiger partial charge on any atom is -0.435 e. The van der Waals surface area contributed by atoms with Crippen LogP contribution in [0.1, 0.15) is 19.3 Å². The van der Waals surface area contributed by atoms with Crippen LogP contribution in [-0.4, -0.2) is 52.0 Å². The van der Waals surface area contributed by atoms with Crippen molar-refractivity contribution in [1.82, 2.24) is 20.3 Å². The number of rotatable bonds is 6. The maximum Gasteiger partial charge on any atom is 0.416 e. The Hall–Kier alpha value is -3.51. The average Bonchev–Trinajstić information content (AvgIpc) is 2.85. The van der Waals surface area contributed by atoms with E-state index >= 15 is 0 Å². The number of hydrogen-bond donors (Lipinski definition) is 4. The van der Waals surface area contributed by atoms with Crippen LogP contribution in [0.25, 0.3) is 11.3 Å². The SMILES string of the molecule is C1CCNCC1.Nc1nccc(-c2cccnc2Oc2cccc(NCC(O)C(F)(F)F)c2F)n1. The number of ether oxygens (including phenoxy) is 1. The predicted octanol–water partition coefficient (Wildman–Crippen LogP) is 4.15. The predicted molar refractivity (Wildman–Crippen MR) is 123 cm³/mol. The number of halogens is 4. The lowest BCUT2D eigenvalue weighted by Gasteiger charge is -2.17. The molecule has 0 spiro atoms. The molecule has 3 heterocycles. The number of nitrogens with two attached hydrogens (primary N) is 1. The smallest absolute Gasteiger partial charge is 0.416 e. The molecule has 1 atom stereocenters. The summed E-state index contributed by atoms with van der Waals surface area (Å²) in [6.07, 6.45) is -0.390. The third kappa shape index (κ3) is 7.76. The van der Waals surface area contributed by atoms with E-state index in [1.807, 2.05) is 0 Å². The topological polar surface area (TPSA) is 118 Å². The van der Waals surface area contributed by atoms with E-state index in [4.69, 9.17) is 15.6 Å². The highest BCUT2D eigenvalue weighted by Crippen LogP contribution is 2.33. The molecule has 1 saturated heterocycles. The number of nitrogens with one attached hydrogen (secondary N) is 2. The van der Waals surface area contributed by atoms with Gasteiger partial charge < -0.3 is 26.2 Å². The molecule has 3 aromatic rings. The summed E-state index contributed by atoms with van der Waals surface area (Å²) in [6.45, 7) is 1.58. The Bertz CT molecular complexity index is 1080. The number of piperidine rings is 1. The summed E-state index contributed by atoms with van der Waals surface area (Å²) in [6, 6.07) is 8.69. The number of aliphatic hydroxyl groups excluding tert-OH is 1. The van der Waals surface area contributed by atoms with Crippen molar-refractivity contribution in [2.24, 2.45) is 0 Å². The number of anilines is 2. The lowest BCUT2D eigenvalue weighted by Crippen LogP contribution is -2.35. The average molecular weight is 494 g/mol. The first-order chi connectivity index (χ1) is 16.8. The van der Waals surface area contributed by atoms with E-state index in [9.17, 15) is 17.6 Å². The second-order valence-corrected chi connectivity index (χ2v) is 7.62. The van der Waals surface area contributed by atoms with E-state index in [1.54, 1.807) is 18.2 Å². The van der Waals surface area contributed by atoms with Gasteiger partial charge in [0, 0.05) is 18.9 Å². The number of nitrogen functional groups attached to an aromatic ring is 1. The molecule has 0 amide bonds. The lowest BCUT2D eigenvalue weighted by molar-refractivity contribution is -0.198. The van der Waals surface area contributed by atoms with Crippen LogP contribution >= 0.6 is 0 Å². The van der Waals surface area contributed by atoms with Crippen molar-refractivity contribution in [1.29, 1.82) is 0 Å². The monoisotopic (exact) mass is 494 g/mol. The number of aromatic nitrogens is 3. The Morgan fingerprint density at radius 1 is 1.06 bits per heavy atom. The van der Waals surface area contributed by atoms with Gasteiger partial charge in [-0.1, -0.05) is 12.5 Å². The lowest BCUT2D eigenvalue weighted by atomic mass is 10.2. The second-order valence-electron chi connectivity index (χ2n) is 7.62. The largest absolute Gasteiger partial charge is 0.435 e. The van der Waals surface area contributed by atoms with Crippen molar-refractivity contribution >= 4 is 11.6 Å². The molecular formula is C23H26F4N6O2. The zero-order chi connectivity index (χ0) is 25.3. The molecule has 1 aliphatic rings. The van der Waals surface area contributed by atoms with Gasteiger partial charge in [0.2, 0.25) is 11.8 Å². The van der Waals surface area contributed by atoms with Crippen LogP contribution in [0, 0.1) is 5.82 Å². The minimum absolute atomic E-state index is 0.0111. The normalized spacial score (nSPS) is 14.4. The van der Waals surface area contributed by atoms with Gasteiger partial charge in [-0.25, -0.2) is 19.3 Å². The van der Waals surface area contributed by atoms with Crippen LogP contribution in [0.3, 0.4) is 0 Å². The van der Waals surface area contributed by atoms with Crippen LogP contribution in [0.2, 0.25) is 0 Å². The van der Waals surface area contributed by atoms with Crippen molar-refractivity contribution in [2.75, 3.05) is 30.7 Å². The zero-order valence-electron chi connectivity index (χ0n) is 18.7. The van der Waals surface area contributed by atoms with E-state index < -0.39 is 24.6 Å². The molecule has 188 valence electrons. The molecule has 35 heavy (non-hydrogen) atoms. The van der Waals surface area contributed by atoms with Gasteiger partial charge in [-0.15, -0.1) is 0 Å². The van der Waals surface area contributed by atoms with E-state index in [-0.39, 0.29) is 23.3 Å². The Kier molecular flexibility index (Phi) is 9.15. The van der Waals surface area contributed by atoms with E-state index in [0.29, 0.717) is 11.3 Å². The molecule has 1 fully saturated rings. The molecule has 1 unspecified atom stereocenters. The molecule has 8 nitrogen and oxygen atoms in total. The Balaban J connectivity index is 0.000000497. The molecule has 5 N–H and O–H groups in total. The van der Waals surface area contributed by atoms with Crippen LogP contribution in [0.5, 0.6) is 11.6 Å². The number of alkyl halides is 3. The molecule has 0 aliphatic carbocycles. The van der Waals surface area contributed by atoms with Gasteiger partial charge in [0.15, 0.2) is 17.7 Å². The molecule has 1 aromatic carbocycles. The van der Waals surface area contributed by atoms with E-state index in [1.165, 1.54) is 62.9 Å². The molecule has 0 radical (unpaired) electrons. The minimum atomic E-state index is -4.82. The fraction of sp³-hybridized carbons (Fsp3) is 0.348. The van der Waals surface area contributed by atoms with Crippen LogP contribution < -0.4 is 21.1 Å². The van der Waals surface area contributed by atoms with Gasteiger partial charge in [0.05, 0.1) is 16.9 Å². The highest BCUT2D eigenvalue weighted by atomic mass is 19.4. The third-order valence-electron chi connectivity index (χ3n) is 4.96. The molecule has 4 rings (SSSR count). The standard InChI is InChI=1S/C18H15F4N5O2.C5H11N/c19-15-12(26-9-14(28)18(20,21)22)4-1-5-13(15)29-16-10(3-2-7-24-16)11-6-8-25-17(23)27-11;1-2-4-6-5-3-1/h1-8,14,26,28H,9H2,(H2,23,25,27);6H,1-5H2. The third-order valence-corrected chi connectivity index (χ3v) is 4.96. The molecule has 2 aromatic heterocycles. The summed E-state index contributed by atoms with van der Waals surface area (Å²) in [4.78, 5) is 11.9. The van der Waals surface area contributed by atoms with Crippen molar-refractivity contribution in [2.45, 2.75) is 31.5 Å². The number of pyridine rings is 1. The van der Waals surface area contributed by atoms with E-state index in [0.717, 1.165) is 0 Å². The summed E-state index contributed by atoms with van der Waals surface area (Å²) < 4.78 is 57.5. The molecule has 12 heteroatoms. The fourth-order valence-electron chi connectivity index (χ4n) is 3.15. The van der Waals surface area contributed by atoms with Gasteiger partial charge in [-0.2, -0.15) is 13.2 Å². The summed E-state index contributed by atoms with van der Waals surface area (Å²) in [5, 5.41) is 14.6. The van der Waals surface area contributed by atoms with Gasteiger partial charge in [-0.05, 0) is 56.3 Å². The van der Waals surface area contributed by atoms with Crippen LogP contribution in [-0.2, 0) is 0 Å². The highest BCUT2D eigenvalue weighted by molar-refractivity contribution is 5.66. The zero-order valence-corrected chi connectivity index (χ0v) is 18.7. The molecule has 0 bridgehead atoms. The quantitative estimate of drug-likeness (QED) is 0.378. The van der Waals surface area contributed by atoms with Crippen LogP contribution in [0.4, 0.5) is 29.2 Å².